The highest BCUT2D eigenvalue weighted by atomic mass is 15.2. The third-order valence-electron chi connectivity index (χ3n) is 12.6. The molecule has 3 heterocycles. The van der Waals surface area contributed by atoms with E-state index in [1.807, 2.05) is 24.3 Å². The molecule has 0 unspecified atom stereocenters. The van der Waals surface area contributed by atoms with Crippen LogP contribution < -0.4 is 4.90 Å². The third-order valence-corrected chi connectivity index (χ3v) is 12.6. The predicted molar refractivity (Wildman–Crippen MR) is 271 cm³/mol. The molecule has 12 rings (SSSR count). The van der Waals surface area contributed by atoms with E-state index in [-0.39, 0.29) is 0 Å². The first-order valence-electron chi connectivity index (χ1n) is 22.2. The van der Waals surface area contributed by atoms with Gasteiger partial charge >= 0.3 is 0 Å². The minimum atomic E-state index is 0.670. The van der Waals surface area contributed by atoms with Gasteiger partial charge < -0.3 is 14.0 Å². The lowest BCUT2D eigenvalue weighted by molar-refractivity contribution is 1.10. The summed E-state index contributed by atoms with van der Waals surface area (Å²) in [6.07, 6.45) is 0. The maximum Gasteiger partial charge on any atom is 0.160 e. The molecular formula is C60H43N5. The van der Waals surface area contributed by atoms with Crippen LogP contribution in [-0.2, 0) is 0 Å². The maximum absolute atomic E-state index is 5.46. The van der Waals surface area contributed by atoms with Crippen LogP contribution in [0.4, 0.5) is 17.1 Å². The predicted octanol–water partition coefficient (Wildman–Crippen LogP) is 15.8. The molecule has 3 aromatic heterocycles. The number of para-hydroxylation sites is 4. The van der Waals surface area contributed by atoms with Crippen molar-refractivity contribution < 1.29 is 0 Å². The molecule has 12 aromatic rings. The lowest BCUT2D eigenvalue weighted by atomic mass is 10.0. The van der Waals surface area contributed by atoms with E-state index in [4.69, 9.17) is 9.97 Å². The summed E-state index contributed by atoms with van der Waals surface area (Å²) < 4.78 is 4.93. The van der Waals surface area contributed by atoms with E-state index in [0.29, 0.717) is 5.82 Å². The Bertz CT molecular complexity index is 3370. The van der Waals surface area contributed by atoms with Gasteiger partial charge in [0.15, 0.2) is 5.82 Å². The zero-order valence-electron chi connectivity index (χ0n) is 36.1. The molecule has 0 aliphatic carbocycles. The summed E-state index contributed by atoms with van der Waals surface area (Å²) >= 11 is 0. The van der Waals surface area contributed by atoms with E-state index < -0.39 is 0 Å². The van der Waals surface area contributed by atoms with Gasteiger partial charge in [0.2, 0.25) is 0 Å². The lowest BCUT2D eigenvalue weighted by Gasteiger charge is -2.32. The molecule has 0 atom stereocenters. The van der Waals surface area contributed by atoms with Gasteiger partial charge in [0.05, 0.1) is 50.5 Å². The smallest absolute Gasteiger partial charge is 0.160 e. The molecule has 65 heavy (non-hydrogen) atoms. The minimum absolute atomic E-state index is 0.670. The van der Waals surface area contributed by atoms with Gasteiger partial charge in [-0.15, -0.1) is 0 Å². The highest BCUT2D eigenvalue weighted by Gasteiger charge is 2.28. The second-order valence-electron chi connectivity index (χ2n) is 16.8. The van der Waals surface area contributed by atoms with Crippen LogP contribution in [0.2, 0.25) is 0 Å². The van der Waals surface area contributed by atoms with Crippen LogP contribution in [0.3, 0.4) is 0 Å². The van der Waals surface area contributed by atoms with Crippen molar-refractivity contribution in [2.45, 2.75) is 13.8 Å². The average Bonchev–Trinajstić information content (AvgIpc) is 3.88. The monoisotopic (exact) mass is 833 g/mol. The Balaban J connectivity index is 1.30. The normalized spacial score (nSPS) is 11.5. The molecule has 0 amide bonds. The summed E-state index contributed by atoms with van der Waals surface area (Å²) in [7, 11) is 0. The van der Waals surface area contributed by atoms with E-state index in [9.17, 15) is 0 Å². The number of hydrogen-bond donors (Lipinski definition) is 0. The molecular weight excluding hydrogens is 791 g/mol. The van der Waals surface area contributed by atoms with Crippen molar-refractivity contribution in [2.75, 3.05) is 4.90 Å². The fourth-order valence-corrected chi connectivity index (χ4v) is 9.55. The van der Waals surface area contributed by atoms with Crippen molar-refractivity contribution >= 4 is 60.7 Å². The molecule has 308 valence electrons. The summed E-state index contributed by atoms with van der Waals surface area (Å²) in [4.78, 5) is 13.1. The lowest BCUT2D eigenvalue weighted by Crippen LogP contribution is -2.17. The summed E-state index contributed by atoms with van der Waals surface area (Å²) in [6.45, 7) is 4.30. The summed E-state index contributed by atoms with van der Waals surface area (Å²) in [5, 5.41) is 4.76. The van der Waals surface area contributed by atoms with Gasteiger partial charge in [0.25, 0.3) is 0 Å². The van der Waals surface area contributed by atoms with Gasteiger partial charge in [0.1, 0.15) is 0 Å². The Labute approximate surface area is 377 Å². The maximum atomic E-state index is 5.46. The fraction of sp³-hybridized carbons (Fsp3) is 0.0333. The van der Waals surface area contributed by atoms with Crippen LogP contribution in [0.1, 0.15) is 11.1 Å². The Kier molecular flexibility index (Phi) is 9.20. The number of aromatic nitrogens is 4. The molecule has 0 bridgehead atoms. The molecule has 5 heteroatoms. The van der Waals surface area contributed by atoms with E-state index in [2.05, 4.69) is 228 Å². The molecule has 0 fully saturated rings. The average molecular weight is 834 g/mol. The summed E-state index contributed by atoms with van der Waals surface area (Å²) in [6, 6.07) is 80.6. The molecule has 0 aliphatic heterocycles. The first kappa shape index (κ1) is 38.2. The van der Waals surface area contributed by atoms with Crippen LogP contribution in [0.25, 0.3) is 88.9 Å². The van der Waals surface area contributed by atoms with Crippen LogP contribution in [0.15, 0.2) is 224 Å². The first-order chi connectivity index (χ1) is 32.1. The van der Waals surface area contributed by atoms with E-state index >= 15 is 0 Å². The second kappa shape index (κ2) is 15.7. The largest absolute Gasteiger partial charge is 0.307 e. The Morgan fingerprint density at radius 3 is 1.11 bits per heavy atom. The standard InChI is InChI=1S/C60H43N5/c1-40-29-33-45(34-30-40)63(46-35-31-41(2)32-36-46)59-57(64-53-25-13-9-21-47(53)48-22-10-14-26-54(48)64)37-44(38-58(59)65-55-27-15-11-23-49(55)50-24-12-16-28-56(50)65)52-39-51(42-17-5-3-6-18-42)61-60(62-52)43-19-7-4-8-20-43/h3-39H,1-2H3. The Hall–Kier alpha value is -8.54. The van der Waals surface area contributed by atoms with E-state index in [1.54, 1.807) is 0 Å². The number of nitrogens with zero attached hydrogens (tertiary/aromatic N) is 5. The van der Waals surface area contributed by atoms with Gasteiger partial charge in [-0.05, 0) is 80.6 Å². The summed E-state index contributed by atoms with van der Waals surface area (Å²) in [5.74, 6) is 0.670. The Morgan fingerprint density at radius 2 is 0.692 bits per heavy atom. The zero-order chi connectivity index (χ0) is 43.4. The van der Waals surface area contributed by atoms with Crippen molar-refractivity contribution in [1.29, 1.82) is 0 Å². The molecule has 0 N–H and O–H groups in total. The minimum Gasteiger partial charge on any atom is -0.307 e. The van der Waals surface area contributed by atoms with Gasteiger partial charge in [-0.3, -0.25) is 0 Å². The third kappa shape index (κ3) is 6.56. The van der Waals surface area contributed by atoms with Crippen LogP contribution in [0, 0.1) is 13.8 Å². The molecule has 0 radical (unpaired) electrons. The van der Waals surface area contributed by atoms with Crippen LogP contribution in [-0.4, -0.2) is 19.1 Å². The molecule has 0 spiro atoms. The van der Waals surface area contributed by atoms with Gasteiger partial charge in [-0.25, -0.2) is 9.97 Å². The number of anilines is 3. The number of hydrogen-bond acceptors (Lipinski definition) is 3. The Morgan fingerprint density at radius 1 is 0.338 bits per heavy atom. The molecule has 0 saturated carbocycles. The number of benzene rings is 9. The van der Waals surface area contributed by atoms with Crippen LogP contribution in [0.5, 0.6) is 0 Å². The van der Waals surface area contributed by atoms with E-state index in [0.717, 1.165) is 78.6 Å². The highest BCUT2D eigenvalue weighted by Crippen LogP contribution is 2.48. The van der Waals surface area contributed by atoms with Gasteiger partial charge in [-0.1, -0.05) is 169 Å². The van der Waals surface area contributed by atoms with Crippen molar-refractivity contribution in [3.8, 4) is 45.3 Å². The zero-order valence-corrected chi connectivity index (χ0v) is 36.1. The quantitative estimate of drug-likeness (QED) is 0.153. The topological polar surface area (TPSA) is 38.9 Å². The molecule has 0 saturated heterocycles. The van der Waals surface area contributed by atoms with Crippen LogP contribution >= 0.6 is 0 Å². The SMILES string of the molecule is Cc1ccc(N(c2ccc(C)cc2)c2c(-n3c4ccccc4c4ccccc43)cc(-c3cc(-c4ccccc4)nc(-c4ccccc4)n3)cc2-n2c3ccccc3c3ccccc32)cc1. The number of rotatable bonds is 8. The molecule has 5 nitrogen and oxygen atoms in total. The number of fused-ring (bicyclic) bond motifs is 6. The van der Waals surface area contributed by atoms with Crippen molar-refractivity contribution in [2.24, 2.45) is 0 Å². The second-order valence-corrected chi connectivity index (χ2v) is 16.8. The fourth-order valence-electron chi connectivity index (χ4n) is 9.55. The molecule has 9 aromatic carbocycles. The van der Waals surface area contributed by atoms with E-state index in [1.165, 1.54) is 32.7 Å². The van der Waals surface area contributed by atoms with Crippen molar-refractivity contribution in [3.63, 3.8) is 0 Å². The summed E-state index contributed by atoms with van der Waals surface area (Å²) in [5.41, 5.74) is 16.7. The molecule has 0 aliphatic rings. The highest BCUT2D eigenvalue weighted by molar-refractivity contribution is 6.12. The van der Waals surface area contributed by atoms with Gasteiger partial charge in [-0.2, -0.15) is 0 Å². The van der Waals surface area contributed by atoms with Crippen molar-refractivity contribution in [3.05, 3.63) is 236 Å². The number of aryl methyl sites for hydroxylation is 2. The first-order valence-corrected chi connectivity index (χ1v) is 22.2. The van der Waals surface area contributed by atoms with Gasteiger partial charge in [0, 0.05) is 49.6 Å². The van der Waals surface area contributed by atoms with Crippen molar-refractivity contribution in [1.82, 2.24) is 19.1 Å².